The van der Waals surface area contributed by atoms with Crippen LogP contribution in [0, 0.1) is 5.92 Å². The molecule has 212 valence electrons. The molecule has 0 fully saturated rings. The second-order valence-electron chi connectivity index (χ2n) is 10.1. The van der Waals surface area contributed by atoms with E-state index in [1.165, 1.54) is 11.4 Å². The van der Waals surface area contributed by atoms with Gasteiger partial charge >= 0.3 is 0 Å². The van der Waals surface area contributed by atoms with Gasteiger partial charge in [0.15, 0.2) is 0 Å². The third-order valence-electron chi connectivity index (χ3n) is 7.04. The molecule has 4 rings (SSSR count). The monoisotopic (exact) mass is 565 g/mol. The molecule has 0 saturated carbocycles. The van der Waals surface area contributed by atoms with E-state index < -0.39 is 22.2 Å². The Labute approximate surface area is 235 Å². The summed E-state index contributed by atoms with van der Waals surface area (Å²) in [5, 5.41) is 12.7. The number of benzene rings is 3. The Morgan fingerprint density at radius 1 is 1.10 bits per heavy atom. The van der Waals surface area contributed by atoms with Crippen LogP contribution in [0.2, 0.25) is 0 Å². The Kier molecular flexibility index (Phi) is 9.24. The van der Waals surface area contributed by atoms with Crippen molar-refractivity contribution in [1.29, 1.82) is 0 Å². The number of hydrogen-bond acceptors (Lipinski definition) is 6. The summed E-state index contributed by atoms with van der Waals surface area (Å²) in [6, 6.07) is 21.9. The van der Waals surface area contributed by atoms with Crippen LogP contribution in [0.5, 0.6) is 5.75 Å². The predicted molar refractivity (Wildman–Crippen MR) is 153 cm³/mol. The lowest BCUT2D eigenvalue weighted by atomic mass is 9.99. The van der Waals surface area contributed by atoms with Crippen LogP contribution in [0.4, 0.5) is 5.69 Å². The molecule has 0 radical (unpaired) electrons. The van der Waals surface area contributed by atoms with Crippen molar-refractivity contribution in [3.63, 3.8) is 0 Å². The molecule has 2 N–H and O–H groups in total. The molecule has 3 aromatic rings. The van der Waals surface area contributed by atoms with Crippen LogP contribution in [0.1, 0.15) is 29.8 Å². The van der Waals surface area contributed by atoms with E-state index in [4.69, 9.17) is 4.74 Å². The number of aliphatic hydroxyl groups is 1. The minimum atomic E-state index is -3.77. The summed E-state index contributed by atoms with van der Waals surface area (Å²) in [7, 11) is -2.26. The maximum atomic E-state index is 13.7. The third-order valence-corrected chi connectivity index (χ3v) is 8.88. The standard InChI is InChI=1S/C30H35N3O6S/c1-21-18-33(22(2)20-34)30(36)26-17-24(31-29(35)16-23-10-6-4-7-11-23)14-15-27(26)39-28(21)19-32(3)40(37,38)25-12-8-5-9-13-25/h4-15,17,21-22,28,34H,16,18-20H2,1-3H3,(H,31,35)/t21-,22-,28+/m1/s1. The number of aliphatic hydroxyl groups excluding tert-OH is 1. The SMILES string of the molecule is C[C@@H]1CN([C@H](C)CO)C(=O)c2cc(NC(=O)Cc3ccccc3)ccc2O[C@H]1CN(C)S(=O)(=O)c1ccccc1. The summed E-state index contributed by atoms with van der Waals surface area (Å²) >= 11 is 0. The maximum Gasteiger partial charge on any atom is 0.258 e. The molecule has 1 aliphatic heterocycles. The van der Waals surface area contributed by atoms with Crippen LogP contribution in [0.25, 0.3) is 0 Å². The van der Waals surface area contributed by atoms with Crippen molar-refractivity contribution in [3.8, 4) is 5.75 Å². The van der Waals surface area contributed by atoms with E-state index in [-0.39, 0.29) is 60.1 Å². The van der Waals surface area contributed by atoms with Gasteiger partial charge in [0.2, 0.25) is 15.9 Å². The summed E-state index contributed by atoms with van der Waals surface area (Å²) in [6.07, 6.45) is -0.417. The quantitative estimate of drug-likeness (QED) is 0.411. The molecule has 0 aliphatic carbocycles. The second kappa shape index (κ2) is 12.6. The number of ether oxygens (including phenoxy) is 1. The molecule has 1 aliphatic rings. The van der Waals surface area contributed by atoms with E-state index in [1.807, 2.05) is 37.3 Å². The molecule has 9 nitrogen and oxygen atoms in total. The van der Waals surface area contributed by atoms with E-state index in [0.717, 1.165) is 5.56 Å². The average molecular weight is 566 g/mol. The largest absolute Gasteiger partial charge is 0.488 e. The second-order valence-corrected chi connectivity index (χ2v) is 12.2. The van der Waals surface area contributed by atoms with Gasteiger partial charge in [-0.15, -0.1) is 0 Å². The van der Waals surface area contributed by atoms with Crippen LogP contribution in [-0.4, -0.2) is 73.4 Å². The van der Waals surface area contributed by atoms with E-state index in [0.29, 0.717) is 5.69 Å². The maximum absolute atomic E-state index is 13.7. The van der Waals surface area contributed by atoms with Crippen molar-refractivity contribution >= 4 is 27.5 Å². The van der Waals surface area contributed by atoms with Gasteiger partial charge in [0.25, 0.3) is 5.91 Å². The number of anilines is 1. The average Bonchev–Trinajstić information content (AvgIpc) is 2.95. The number of likely N-dealkylation sites (N-methyl/N-ethyl adjacent to an activating group) is 1. The van der Waals surface area contributed by atoms with E-state index >= 15 is 0 Å². The summed E-state index contributed by atoms with van der Waals surface area (Å²) in [6.45, 7) is 3.69. The highest BCUT2D eigenvalue weighted by Crippen LogP contribution is 2.31. The van der Waals surface area contributed by atoms with Gasteiger partial charge in [-0.3, -0.25) is 9.59 Å². The molecule has 2 amide bonds. The summed E-state index contributed by atoms with van der Waals surface area (Å²) in [5.41, 5.74) is 1.52. The number of sulfonamides is 1. The fourth-order valence-electron chi connectivity index (χ4n) is 4.63. The van der Waals surface area contributed by atoms with Crippen LogP contribution < -0.4 is 10.1 Å². The van der Waals surface area contributed by atoms with Crippen LogP contribution in [0.3, 0.4) is 0 Å². The highest BCUT2D eigenvalue weighted by molar-refractivity contribution is 7.89. The highest BCUT2D eigenvalue weighted by Gasteiger charge is 2.35. The molecule has 1 heterocycles. The lowest BCUT2D eigenvalue weighted by molar-refractivity contribution is -0.115. The number of amides is 2. The van der Waals surface area contributed by atoms with Crippen molar-refractivity contribution < 1.29 is 27.9 Å². The zero-order chi connectivity index (χ0) is 28.9. The smallest absolute Gasteiger partial charge is 0.258 e. The van der Waals surface area contributed by atoms with Crippen molar-refractivity contribution in [1.82, 2.24) is 9.21 Å². The zero-order valence-corrected chi connectivity index (χ0v) is 23.7. The van der Waals surface area contributed by atoms with Gasteiger partial charge in [-0.1, -0.05) is 55.5 Å². The molecule has 0 unspecified atom stereocenters. The molecule has 0 saturated heterocycles. The predicted octanol–water partition coefficient (Wildman–Crippen LogP) is 3.41. The normalized spacial score (nSPS) is 18.3. The molecule has 3 atom stereocenters. The highest BCUT2D eigenvalue weighted by atomic mass is 32.2. The molecule has 0 spiro atoms. The van der Waals surface area contributed by atoms with Gasteiger partial charge in [0.05, 0.1) is 36.1 Å². The Morgan fingerprint density at radius 2 is 1.75 bits per heavy atom. The first-order valence-corrected chi connectivity index (χ1v) is 14.6. The summed E-state index contributed by atoms with van der Waals surface area (Å²) < 4.78 is 34.0. The van der Waals surface area contributed by atoms with Crippen LogP contribution in [0.15, 0.2) is 83.8 Å². The van der Waals surface area contributed by atoms with E-state index in [9.17, 15) is 23.1 Å². The molecule has 40 heavy (non-hydrogen) atoms. The first-order valence-electron chi connectivity index (χ1n) is 13.2. The lowest BCUT2D eigenvalue weighted by Crippen LogP contribution is -2.50. The van der Waals surface area contributed by atoms with Gasteiger partial charge in [0, 0.05) is 25.2 Å². The number of fused-ring (bicyclic) bond motifs is 1. The number of rotatable bonds is 9. The number of hydrogen-bond donors (Lipinski definition) is 2. The molecular formula is C30H35N3O6S. The van der Waals surface area contributed by atoms with Crippen molar-refractivity contribution in [3.05, 3.63) is 90.0 Å². The fraction of sp³-hybridized carbons (Fsp3) is 0.333. The van der Waals surface area contributed by atoms with Gasteiger partial charge in [-0.25, -0.2) is 8.42 Å². The first-order chi connectivity index (χ1) is 19.1. The van der Waals surface area contributed by atoms with Crippen molar-refractivity contribution in [2.75, 3.05) is 32.1 Å². The summed E-state index contributed by atoms with van der Waals surface area (Å²) in [4.78, 5) is 28.1. The molecule has 0 aromatic heterocycles. The van der Waals surface area contributed by atoms with Crippen molar-refractivity contribution in [2.24, 2.45) is 5.92 Å². The van der Waals surface area contributed by atoms with E-state index in [1.54, 1.807) is 60.4 Å². The Hall–Kier alpha value is -3.73. The van der Waals surface area contributed by atoms with Gasteiger partial charge in [0.1, 0.15) is 11.9 Å². The Bertz CT molecular complexity index is 1430. The van der Waals surface area contributed by atoms with Gasteiger partial charge < -0.3 is 20.1 Å². The number of carbonyl (C=O) groups excluding carboxylic acids is 2. The Morgan fingerprint density at radius 3 is 2.40 bits per heavy atom. The molecular weight excluding hydrogens is 530 g/mol. The molecule has 3 aromatic carbocycles. The molecule has 0 bridgehead atoms. The summed E-state index contributed by atoms with van der Waals surface area (Å²) in [5.74, 6) is -0.551. The van der Waals surface area contributed by atoms with E-state index in [2.05, 4.69) is 5.32 Å². The topological polar surface area (TPSA) is 116 Å². The number of nitrogens with one attached hydrogen (secondary N) is 1. The minimum absolute atomic E-state index is 0.0446. The van der Waals surface area contributed by atoms with Gasteiger partial charge in [-0.05, 0) is 42.8 Å². The van der Waals surface area contributed by atoms with Crippen molar-refractivity contribution in [2.45, 2.75) is 37.3 Å². The number of nitrogens with zero attached hydrogens (tertiary/aromatic N) is 2. The zero-order valence-electron chi connectivity index (χ0n) is 22.9. The third kappa shape index (κ3) is 6.70. The Balaban J connectivity index is 1.62. The van der Waals surface area contributed by atoms with Crippen LogP contribution in [-0.2, 0) is 21.2 Å². The minimum Gasteiger partial charge on any atom is -0.488 e. The first kappa shape index (κ1) is 29.3. The van der Waals surface area contributed by atoms with Gasteiger partial charge in [-0.2, -0.15) is 4.31 Å². The fourth-order valence-corrected chi connectivity index (χ4v) is 5.83. The molecule has 10 heteroatoms. The lowest BCUT2D eigenvalue weighted by Gasteiger charge is -2.38. The number of carbonyl (C=O) groups is 2. The van der Waals surface area contributed by atoms with Crippen LogP contribution >= 0.6 is 0 Å².